The lowest BCUT2D eigenvalue weighted by molar-refractivity contribution is -0.115. The van der Waals surface area contributed by atoms with E-state index < -0.39 is 0 Å². The monoisotopic (exact) mass is 262 g/mol. The Labute approximate surface area is 112 Å². The van der Waals surface area contributed by atoms with Crippen LogP contribution in [0.2, 0.25) is 5.02 Å². The lowest BCUT2D eigenvalue weighted by atomic mass is 10.2. The zero-order valence-electron chi connectivity index (χ0n) is 10.4. The van der Waals surface area contributed by atoms with Crippen LogP contribution < -0.4 is 5.32 Å². The van der Waals surface area contributed by atoms with Crippen molar-refractivity contribution in [3.63, 3.8) is 0 Å². The molecule has 0 saturated heterocycles. The molecule has 0 aliphatic heterocycles. The molecule has 0 atom stereocenters. The van der Waals surface area contributed by atoms with Crippen LogP contribution in [-0.2, 0) is 4.79 Å². The maximum atomic E-state index is 11.6. The number of amidine groups is 1. The van der Waals surface area contributed by atoms with Crippen LogP contribution in [0.5, 0.6) is 0 Å². The van der Waals surface area contributed by atoms with Crippen LogP contribution in [0, 0.1) is 0 Å². The van der Waals surface area contributed by atoms with Crippen molar-refractivity contribution in [3.8, 4) is 0 Å². The quantitative estimate of drug-likeness (QED) is 0.508. The van der Waals surface area contributed by atoms with E-state index >= 15 is 0 Å². The first kappa shape index (κ1) is 14.2. The Bertz CT molecular complexity index is 487. The van der Waals surface area contributed by atoms with Crippen molar-refractivity contribution in [2.24, 2.45) is 4.99 Å². The Morgan fingerprint density at radius 2 is 1.94 bits per heavy atom. The van der Waals surface area contributed by atoms with Gasteiger partial charge in [0, 0.05) is 18.1 Å². The van der Waals surface area contributed by atoms with Gasteiger partial charge in [0.2, 0.25) is 5.91 Å². The fraction of sp³-hybridized carbons (Fsp3) is 0.143. The number of carbonyl (C=O) groups excluding carboxylic acids is 1. The molecular weight excluding hydrogens is 248 g/mol. The molecule has 0 aromatic heterocycles. The molecule has 1 aromatic carbocycles. The van der Waals surface area contributed by atoms with E-state index in [1.54, 1.807) is 31.3 Å². The predicted octanol–water partition coefficient (Wildman–Crippen LogP) is 3.07. The van der Waals surface area contributed by atoms with Gasteiger partial charge in [0.25, 0.3) is 0 Å². The lowest BCUT2D eigenvalue weighted by Crippen LogP contribution is -2.27. The van der Waals surface area contributed by atoms with Gasteiger partial charge in [-0.25, -0.2) is 0 Å². The van der Waals surface area contributed by atoms with Crippen molar-refractivity contribution in [2.45, 2.75) is 6.92 Å². The fourth-order valence-electron chi connectivity index (χ4n) is 1.24. The topological polar surface area (TPSA) is 41.5 Å². The third-order valence-electron chi connectivity index (χ3n) is 2.11. The summed E-state index contributed by atoms with van der Waals surface area (Å²) in [6.45, 7) is 1.86. The molecule has 0 spiro atoms. The van der Waals surface area contributed by atoms with Crippen LogP contribution in [0.1, 0.15) is 12.5 Å². The summed E-state index contributed by atoms with van der Waals surface area (Å²) in [4.78, 5) is 15.5. The molecule has 1 aromatic rings. The maximum Gasteiger partial charge on any atom is 0.249 e. The number of nitrogens with zero attached hydrogens (tertiary/aromatic N) is 1. The number of halogens is 1. The van der Waals surface area contributed by atoms with E-state index in [-0.39, 0.29) is 5.91 Å². The van der Waals surface area contributed by atoms with Gasteiger partial charge in [0.15, 0.2) is 0 Å². The molecule has 0 saturated carbocycles. The molecule has 4 heteroatoms. The highest BCUT2D eigenvalue weighted by Gasteiger charge is 1.98. The lowest BCUT2D eigenvalue weighted by Gasteiger charge is -2.00. The van der Waals surface area contributed by atoms with Crippen molar-refractivity contribution >= 4 is 29.4 Å². The molecule has 1 rings (SSSR count). The van der Waals surface area contributed by atoms with Gasteiger partial charge in [0.1, 0.15) is 5.84 Å². The standard InChI is InChI=1S/C14H15ClN2O/c1-3-4-13(16-2)17-14(18)10-7-11-5-8-12(15)9-6-11/h3-10H,1-2H3,(H,16,17,18)/b4-3-,10-7+. The fourth-order valence-corrected chi connectivity index (χ4v) is 1.37. The van der Waals surface area contributed by atoms with Gasteiger partial charge >= 0.3 is 0 Å². The van der Waals surface area contributed by atoms with Crippen molar-refractivity contribution in [1.82, 2.24) is 5.32 Å². The minimum absolute atomic E-state index is 0.219. The molecule has 3 nitrogen and oxygen atoms in total. The smallest absolute Gasteiger partial charge is 0.249 e. The van der Waals surface area contributed by atoms with E-state index in [4.69, 9.17) is 11.6 Å². The van der Waals surface area contributed by atoms with Crippen LogP contribution in [0.3, 0.4) is 0 Å². The van der Waals surface area contributed by atoms with Gasteiger partial charge < -0.3 is 5.32 Å². The van der Waals surface area contributed by atoms with Crippen LogP contribution >= 0.6 is 11.6 Å². The first-order valence-corrected chi connectivity index (χ1v) is 5.87. The summed E-state index contributed by atoms with van der Waals surface area (Å²) < 4.78 is 0. The zero-order valence-corrected chi connectivity index (χ0v) is 11.1. The normalized spacial score (nSPS) is 12.3. The average molecular weight is 263 g/mol. The van der Waals surface area contributed by atoms with E-state index in [1.165, 1.54) is 6.08 Å². The third-order valence-corrected chi connectivity index (χ3v) is 2.37. The number of benzene rings is 1. The molecule has 0 heterocycles. The second-order valence-electron chi connectivity index (χ2n) is 3.48. The maximum absolute atomic E-state index is 11.6. The highest BCUT2D eigenvalue weighted by Crippen LogP contribution is 2.10. The van der Waals surface area contributed by atoms with E-state index in [9.17, 15) is 4.79 Å². The number of carbonyl (C=O) groups is 1. The van der Waals surface area contributed by atoms with Crippen molar-refractivity contribution < 1.29 is 4.79 Å². The van der Waals surface area contributed by atoms with E-state index in [2.05, 4.69) is 10.3 Å². The number of aliphatic imine (C=N–C) groups is 1. The van der Waals surface area contributed by atoms with Gasteiger partial charge in [-0.15, -0.1) is 0 Å². The minimum atomic E-state index is -0.219. The number of hydrogen-bond acceptors (Lipinski definition) is 2. The van der Waals surface area contributed by atoms with Crippen molar-refractivity contribution in [1.29, 1.82) is 0 Å². The summed E-state index contributed by atoms with van der Waals surface area (Å²) in [5, 5.41) is 3.33. The molecule has 0 aliphatic carbocycles. The number of amides is 1. The van der Waals surface area contributed by atoms with Crippen molar-refractivity contribution in [2.75, 3.05) is 7.05 Å². The average Bonchev–Trinajstić information content (AvgIpc) is 2.37. The Hall–Kier alpha value is -1.87. The first-order valence-electron chi connectivity index (χ1n) is 5.50. The molecule has 18 heavy (non-hydrogen) atoms. The van der Waals surface area contributed by atoms with E-state index in [0.29, 0.717) is 10.9 Å². The van der Waals surface area contributed by atoms with Gasteiger partial charge in [-0.3, -0.25) is 9.79 Å². The Morgan fingerprint density at radius 3 is 2.50 bits per heavy atom. The number of nitrogens with one attached hydrogen (secondary N) is 1. The van der Waals surface area contributed by atoms with Crippen molar-refractivity contribution in [3.05, 3.63) is 53.1 Å². The minimum Gasteiger partial charge on any atom is -0.307 e. The summed E-state index contributed by atoms with van der Waals surface area (Å²) in [6, 6.07) is 7.23. The zero-order chi connectivity index (χ0) is 13.4. The number of rotatable bonds is 3. The first-order chi connectivity index (χ1) is 8.65. The molecule has 1 amide bonds. The summed E-state index contributed by atoms with van der Waals surface area (Å²) in [6.07, 6.45) is 6.71. The molecule has 1 N–H and O–H groups in total. The van der Waals surface area contributed by atoms with Gasteiger partial charge in [-0.05, 0) is 36.8 Å². The van der Waals surface area contributed by atoms with E-state index in [0.717, 1.165) is 5.56 Å². The van der Waals surface area contributed by atoms with Gasteiger partial charge in [-0.2, -0.15) is 0 Å². The molecule has 0 unspecified atom stereocenters. The largest absolute Gasteiger partial charge is 0.307 e. The predicted molar refractivity (Wildman–Crippen MR) is 76.8 cm³/mol. The molecule has 0 radical (unpaired) electrons. The summed E-state index contributed by atoms with van der Waals surface area (Å²) in [5.41, 5.74) is 0.913. The molecule has 0 bridgehead atoms. The Morgan fingerprint density at radius 1 is 1.28 bits per heavy atom. The molecule has 94 valence electrons. The van der Waals surface area contributed by atoms with Gasteiger partial charge in [0.05, 0.1) is 0 Å². The molecule has 0 fully saturated rings. The van der Waals surface area contributed by atoms with Crippen LogP contribution in [0.4, 0.5) is 0 Å². The van der Waals surface area contributed by atoms with Crippen LogP contribution in [-0.4, -0.2) is 18.8 Å². The van der Waals surface area contributed by atoms with E-state index in [1.807, 2.05) is 25.1 Å². The molecule has 0 aliphatic rings. The Balaban J connectivity index is 2.62. The Kier molecular flexibility index (Phi) is 5.88. The SMILES string of the molecule is C/C=C\C(=N/C)NC(=O)/C=C/c1ccc(Cl)cc1. The second kappa shape index (κ2) is 7.45. The van der Waals surface area contributed by atoms with Crippen LogP contribution in [0.25, 0.3) is 6.08 Å². The second-order valence-corrected chi connectivity index (χ2v) is 3.92. The number of allylic oxidation sites excluding steroid dienone is 1. The number of hydrogen-bond donors (Lipinski definition) is 1. The summed E-state index contributed by atoms with van der Waals surface area (Å²) >= 11 is 5.77. The highest BCUT2D eigenvalue weighted by molar-refractivity contribution is 6.30. The molecular formula is C14H15ClN2O. The highest BCUT2D eigenvalue weighted by atomic mass is 35.5. The van der Waals surface area contributed by atoms with Crippen LogP contribution in [0.15, 0.2) is 47.5 Å². The third kappa shape index (κ3) is 4.97. The summed E-state index contributed by atoms with van der Waals surface area (Å²) in [7, 11) is 1.62. The van der Waals surface area contributed by atoms with Gasteiger partial charge in [-0.1, -0.05) is 29.8 Å². The summed E-state index contributed by atoms with van der Waals surface area (Å²) in [5.74, 6) is 0.312.